The molecule has 0 radical (unpaired) electrons. The summed E-state index contributed by atoms with van der Waals surface area (Å²) in [6.07, 6.45) is 4.30. The predicted molar refractivity (Wildman–Crippen MR) is 121 cm³/mol. The zero-order valence-corrected chi connectivity index (χ0v) is 19.2. The highest BCUT2D eigenvalue weighted by molar-refractivity contribution is 5.84. The van der Waals surface area contributed by atoms with E-state index in [1.54, 1.807) is 0 Å². The summed E-state index contributed by atoms with van der Waals surface area (Å²) in [5.74, 6) is 1.22. The van der Waals surface area contributed by atoms with Gasteiger partial charge in [0.25, 0.3) is 0 Å². The van der Waals surface area contributed by atoms with E-state index in [4.69, 9.17) is 14.6 Å². The van der Waals surface area contributed by atoms with Crippen LogP contribution in [0.4, 0.5) is 4.79 Å². The number of hydrogen-bond acceptors (Lipinski definition) is 5. The van der Waals surface area contributed by atoms with Gasteiger partial charge in [-0.25, -0.2) is 4.79 Å². The van der Waals surface area contributed by atoms with E-state index in [0.717, 1.165) is 55.8 Å². The highest BCUT2D eigenvalue weighted by atomic mass is 16.6. The fourth-order valence-electron chi connectivity index (χ4n) is 4.49. The van der Waals surface area contributed by atoms with Crippen LogP contribution >= 0.6 is 0 Å². The van der Waals surface area contributed by atoms with Crippen molar-refractivity contribution in [2.24, 2.45) is 5.92 Å². The Bertz CT molecular complexity index is 875. The van der Waals surface area contributed by atoms with Gasteiger partial charge in [0.15, 0.2) is 0 Å². The first-order valence-electron chi connectivity index (χ1n) is 11.7. The molecule has 0 saturated carbocycles. The second kappa shape index (κ2) is 9.47. The number of likely N-dealkylation sites (tertiary alicyclic amines) is 2. The smallest absolute Gasteiger partial charge is 0.410 e. The number of benzene rings is 1. The van der Waals surface area contributed by atoms with Gasteiger partial charge in [0.1, 0.15) is 12.2 Å². The lowest BCUT2D eigenvalue weighted by Crippen LogP contribution is -2.42. The van der Waals surface area contributed by atoms with E-state index in [1.165, 1.54) is 25.9 Å². The topological polar surface area (TPSA) is 59.8 Å². The van der Waals surface area contributed by atoms with Crippen LogP contribution < -0.4 is 4.74 Å². The molecule has 0 aliphatic carbocycles. The Morgan fingerprint density at radius 3 is 2.52 bits per heavy atom. The lowest BCUT2D eigenvalue weighted by Gasteiger charge is -2.33. The molecule has 0 unspecified atom stereocenters. The van der Waals surface area contributed by atoms with Gasteiger partial charge in [0.05, 0.1) is 10.9 Å². The lowest BCUT2D eigenvalue weighted by atomic mass is 9.97. The van der Waals surface area contributed by atoms with E-state index in [0.29, 0.717) is 12.5 Å². The van der Waals surface area contributed by atoms with Crippen LogP contribution in [0.1, 0.15) is 46.5 Å². The van der Waals surface area contributed by atoms with Crippen LogP contribution in [-0.2, 0) is 11.3 Å². The second-order valence-corrected chi connectivity index (χ2v) is 9.81. The van der Waals surface area contributed by atoms with Crippen molar-refractivity contribution in [2.75, 3.05) is 39.3 Å². The van der Waals surface area contributed by atoms with Crippen molar-refractivity contribution >= 4 is 17.0 Å². The lowest BCUT2D eigenvalue weighted by molar-refractivity contribution is 0.0177. The Morgan fingerprint density at radius 1 is 1.10 bits per heavy atom. The van der Waals surface area contributed by atoms with Crippen LogP contribution in [-0.4, -0.2) is 70.6 Å². The largest absolute Gasteiger partial charge is 0.475 e. The number of hydrogen-bond donors (Lipinski definition) is 0. The fourth-order valence-corrected chi connectivity index (χ4v) is 4.49. The molecule has 2 aliphatic rings. The van der Waals surface area contributed by atoms with Crippen LogP contribution in [0.15, 0.2) is 24.3 Å². The van der Waals surface area contributed by atoms with Crippen molar-refractivity contribution in [1.29, 1.82) is 0 Å². The molecule has 31 heavy (non-hydrogen) atoms. The molecule has 170 valence electrons. The van der Waals surface area contributed by atoms with Gasteiger partial charge in [-0.1, -0.05) is 12.1 Å². The Kier molecular flexibility index (Phi) is 6.70. The maximum absolute atomic E-state index is 12.3. The molecule has 3 heterocycles. The average molecular weight is 429 g/mol. The molecule has 1 amide bonds. The zero-order chi connectivity index (χ0) is 21.8. The highest BCUT2D eigenvalue weighted by Gasteiger charge is 2.27. The van der Waals surface area contributed by atoms with Crippen LogP contribution in [0.5, 0.6) is 5.88 Å². The monoisotopic (exact) mass is 428 g/mol. The van der Waals surface area contributed by atoms with Crippen molar-refractivity contribution in [3.8, 4) is 5.88 Å². The Labute approximate surface area is 185 Å². The number of carbonyl (C=O) groups excluding carboxylic acids is 1. The molecule has 0 atom stereocenters. The SMILES string of the molecule is CC(C)(C)OC(=O)N1CCC(Cn2nc(OCCN3CCCC3)c3ccccc32)CC1. The number of ether oxygens (including phenoxy) is 2. The van der Waals surface area contributed by atoms with E-state index < -0.39 is 5.60 Å². The van der Waals surface area contributed by atoms with Crippen LogP contribution in [0.25, 0.3) is 10.9 Å². The van der Waals surface area contributed by atoms with E-state index in [1.807, 2.05) is 31.7 Å². The van der Waals surface area contributed by atoms with Gasteiger partial charge < -0.3 is 14.4 Å². The summed E-state index contributed by atoms with van der Waals surface area (Å²) in [4.78, 5) is 16.6. The standard InChI is InChI=1S/C24H36N4O3/c1-24(2,3)31-23(29)27-14-10-19(11-15-27)18-28-21-9-5-4-8-20(21)22(25-28)30-17-16-26-12-6-7-13-26/h4-5,8-9,19H,6-7,10-18H2,1-3H3. The molecule has 2 saturated heterocycles. The van der Waals surface area contributed by atoms with E-state index in [-0.39, 0.29) is 6.09 Å². The summed E-state index contributed by atoms with van der Waals surface area (Å²) in [5.41, 5.74) is 0.667. The van der Waals surface area contributed by atoms with Gasteiger partial charge in [-0.15, -0.1) is 5.10 Å². The maximum atomic E-state index is 12.3. The zero-order valence-electron chi connectivity index (χ0n) is 19.2. The average Bonchev–Trinajstić information content (AvgIpc) is 3.36. The molecular weight excluding hydrogens is 392 g/mol. The third-order valence-electron chi connectivity index (χ3n) is 6.17. The molecule has 2 fully saturated rings. The number of fused-ring (bicyclic) bond motifs is 1. The second-order valence-electron chi connectivity index (χ2n) is 9.81. The number of rotatable bonds is 6. The van der Waals surface area contributed by atoms with Gasteiger partial charge >= 0.3 is 6.09 Å². The minimum Gasteiger partial charge on any atom is -0.475 e. The molecule has 2 aliphatic heterocycles. The molecule has 1 aromatic heterocycles. The number of nitrogens with zero attached hydrogens (tertiary/aromatic N) is 4. The quantitative estimate of drug-likeness (QED) is 0.692. The third kappa shape index (κ3) is 5.70. The summed E-state index contributed by atoms with van der Waals surface area (Å²) < 4.78 is 13.7. The molecular formula is C24H36N4O3. The summed E-state index contributed by atoms with van der Waals surface area (Å²) >= 11 is 0. The molecule has 2 aromatic rings. The first-order chi connectivity index (χ1) is 14.9. The van der Waals surface area contributed by atoms with Crippen molar-refractivity contribution in [1.82, 2.24) is 19.6 Å². The third-order valence-corrected chi connectivity index (χ3v) is 6.17. The van der Waals surface area contributed by atoms with Crippen LogP contribution in [0.3, 0.4) is 0 Å². The van der Waals surface area contributed by atoms with E-state index in [9.17, 15) is 4.79 Å². The molecule has 1 aromatic carbocycles. The number of piperidine rings is 1. The van der Waals surface area contributed by atoms with Gasteiger partial charge in [0.2, 0.25) is 5.88 Å². The summed E-state index contributed by atoms with van der Waals surface area (Å²) in [5, 5.41) is 5.90. The molecule has 0 spiro atoms. The number of amides is 1. The minimum absolute atomic E-state index is 0.204. The Morgan fingerprint density at radius 2 is 1.81 bits per heavy atom. The van der Waals surface area contributed by atoms with Gasteiger partial charge in [0, 0.05) is 26.2 Å². The van der Waals surface area contributed by atoms with Crippen LogP contribution in [0.2, 0.25) is 0 Å². The predicted octanol–water partition coefficient (Wildman–Crippen LogP) is 4.16. The van der Waals surface area contributed by atoms with Crippen molar-refractivity contribution in [2.45, 2.75) is 58.6 Å². The first kappa shape index (κ1) is 21.9. The van der Waals surface area contributed by atoms with Crippen molar-refractivity contribution < 1.29 is 14.3 Å². The Hall–Kier alpha value is -2.28. The van der Waals surface area contributed by atoms with Crippen LogP contribution in [0, 0.1) is 5.92 Å². The summed E-state index contributed by atoms with van der Waals surface area (Å²) in [7, 11) is 0. The highest BCUT2D eigenvalue weighted by Crippen LogP contribution is 2.28. The van der Waals surface area contributed by atoms with Gasteiger partial charge in [-0.05, 0) is 77.6 Å². The molecule has 0 bridgehead atoms. The molecule has 7 heteroatoms. The normalized spacial score (nSPS) is 18.6. The maximum Gasteiger partial charge on any atom is 0.410 e. The molecule has 7 nitrogen and oxygen atoms in total. The van der Waals surface area contributed by atoms with Gasteiger partial charge in [-0.2, -0.15) is 0 Å². The minimum atomic E-state index is -0.451. The molecule has 4 rings (SSSR count). The van der Waals surface area contributed by atoms with Crippen molar-refractivity contribution in [3.05, 3.63) is 24.3 Å². The number of aromatic nitrogens is 2. The van der Waals surface area contributed by atoms with Crippen molar-refractivity contribution in [3.63, 3.8) is 0 Å². The molecule has 0 N–H and O–H groups in total. The number of para-hydroxylation sites is 1. The first-order valence-corrected chi connectivity index (χ1v) is 11.7. The van der Waals surface area contributed by atoms with E-state index in [2.05, 4.69) is 27.8 Å². The number of carbonyl (C=O) groups is 1. The van der Waals surface area contributed by atoms with E-state index >= 15 is 0 Å². The summed E-state index contributed by atoms with van der Waals surface area (Å²) in [6.45, 7) is 12.0. The summed E-state index contributed by atoms with van der Waals surface area (Å²) in [6, 6.07) is 8.31. The Balaban J connectivity index is 1.35. The van der Waals surface area contributed by atoms with Gasteiger partial charge in [-0.3, -0.25) is 9.58 Å². The fraction of sp³-hybridized carbons (Fsp3) is 0.667.